The normalized spacial score (nSPS) is 10.1. The van der Waals surface area contributed by atoms with Crippen molar-refractivity contribution in [2.75, 3.05) is 27.2 Å². The van der Waals surface area contributed by atoms with Gasteiger partial charge in [0.05, 0.1) is 6.61 Å². The standard InChI is InChI=1S/C7H15N3O/c1-8-10(3)5-4-9(2)6-7-11/h4-5,11H,1,6-7H2,2-3H3/b5-4+. The lowest BCUT2D eigenvalue weighted by Gasteiger charge is -2.12. The second kappa shape index (κ2) is 5.73. The molecule has 0 atom stereocenters. The summed E-state index contributed by atoms with van der Waals surface area (Å²) in [5.41, 5.74) is 0. The molecule has 0 amide bonds. The maximum Gasteiger partial charge on any atom is 0.0606 e. The minimum atomic E-state index is 0.159. The zero-order chi connectivity index (χ0) is 8.69. The number of hydrazone groups is 1. The second-order valence-electron chi connectivity index (χ2n) is 2.22. The van der Waals surface area contributed by atoms with Gasteiger partial charge in [-0.25, -0.2) is 0 Å². The van der Waals surface area contributed by atoms with E-state index in [1.54, 1.807) is 18.3 Å². The number of aliphatic hydroxyl groups is 1. The van der Waals surface area contributed by atoms with E-state index in [1.807, 2.05) is 18.1 Å². The van der Waals surface area contributed by atoms with Crippen LogP contribution in [0.4, 0.5) is 0 Å². The molecule has 0 fully saturated rings. The Morgan fingerprint density at radius 2 is 2.09 bits per heavy atom. The van der Waals surface area contributed by atoms with Crippen LogP contribution >= 0.6 is 0 Å². The first-order valence-corrected chi connectivity index (χ1v) is 3.39. The van der Waals surface area contributed by atoms with Crippen LogP contribution in [0.1, 0.15) is 0 Å². The van der Waals surface area contributed by atoms with Crippen molar-refractivity contribution < 1.29 is 5.11 Å². The third kappa shape index (κ3) is 5.42. The Hall–Kier alpha value is -1.03. The van der Waals surface area contributed by atoms with Crippen LogP contribution in [0.3, 0.4) is 0 Å². The molecule has 0 spiro atoms. The van der Waals surface area contributed by atoms with Crippen molar-refractivity contribution in [3.05, 3.63) is 12.4 Å². The van der Waals surface area contributed by atoms with Crippen molar-refractivity contribution in [3.63, 3.8) is 0 Å². The number of hydrogen-bond acceptors (Lipinski definition) is 4. The molecule has 0 unspecified atom stereocenters. The quantitative estimate of drug-likeness (QED) is 0.448. The summed E-state index contributed by atoms with van der Waals surface area (Å²) in [4.78, 5) is 1.86. The molecule has 0 bridgehead atoms. The summed E-state index contributed by atoms with van der Waals surface area (Å²) in [6.45, 7) is 4.13. The topological polar surface area (TPSA) is 39.1 Å². The van der Waals surface area contributed by atoms with Gasteiger partial charge in [0, 0.05) is 39.8 Å². The Morgan fingerprint density at radius 3 is 2.55 bits per heavy atom. The number of aliphatic hydroxyl groups excluding tert-OH is 1. The Bertz CT molecular complexity index is 136. The predicted octanol–water partition coefficient (Wildman–Crippen LogP) is -0.0709. The van der Waals surface area contributed by atoms with Gasteiger partial charge in [0.1, 0.15) is 0 Å². The van der Waals surface area contributed by atoms with Gasteiger partial charge < -0.3 is 10.0 Å². The number of nitrogens with zero attached hydrogens (tertiary/aromatic N) is 3. The fourth-order valence-electron chi connectivity index (χ4n) is 0.490. The monoisotopic (exact) mass is 157 g/mol. The second-order valence-corrected chi connectivity index (χ2v) is 2.22. The lowest BCUT2D eigenvalue weighted by molar-refractivity contribution is 0.252. The Kier molecular flexibility index (Phi) is 5.20. The third-order valence-corrected chi connectivity index (χ3v) is 1.21. The first kappa shape index (κ1) is 9.97. The smallest absolute Gasteiger partial charge is 0.0606 e. The largest absolute Gasteiger partial charge is 0.395 e. The molecule has 0 aromatic carbocycles. The van der Waals surface area contributed by atoms with Crippen LogP contribution in [-0.2, 0) is 0 Å². The van der Waals surface area contributed by atoms with Crippen LogP contribution in [-0.4, -0.2) is 49.0 Å². The molecule has 11 heavy (non-hydrogen) atoms. The van der Waals surface area contributed by atoms with Gasteiger partial charge in [-0.15, -0.1) is 0 Å². The van der Waals surface area contributed by atoms with Crippen LogP contribution in [0.5, 0.6) is 0 Å². The minimum Gasteiger partial charge on any atom is -0.395 e. The molecule has 4 nitrogen and oxygen atoms in total. The summed E-state index contributed by atoms with van der Waals surface area (Å²) in [7, 11) is 3.67. The highest BCUT2D eigenvalue weighted by molar-refractivity contribution is 5.22. The lowest BCUT2D eigenvalue weighted by atomic mass is 10.6. The van der Waals surface area contributed by atoms with Gasteiger partial charge in [-0.2, -0.15) is 5.10 Å². The van der Waals surface area contributed by atoms with E-state index in [0.717, 1.165) is 0 Å². The lowest BCUT2D eigenvalue weighted by Crippen LogP contribution is -2.16. The SMILES string of the molecule is C=NN(C)/C=C/N(C)CCO. The van der Waals surface area contributed by atoms with Gasteiger partial charge in [0.25, 0.3) is 0 Å². The Morgan fingerprint density at radius 1 is 1.45 bits per heavy atom. The van der Waals surface area contributed by atoms with Crippen LogP contribution in [0.25, 0.3) is 0 Å². The van der Waals surface area contributed by atoms with E-state index in [2.05, 4.69) is 11.8 Å². The third-order valence-electron chi connectivity index (χ3n) is 1.21. The van der Waals surface area contributed by atoms with Crippen LogP contribution in [0, 0.1) is 0 Å². The van der Waals surface area contributed by atoms with E-state index in [1.165, 1.54) is 0 Å². The van der Waals surface area contributed by atoms with E-state index in [0.29, 0.717) is 6.54 Å². The van der Waals surface area contributed by atoms with E-state index in [4.69, 9.17) is 5.11 Å². The molecule has 0 aliphatic carbocycles. The van der Waals surface area contributed by atoms with E-state index >= 15 is 0 Å². The first-order chi connectivity index (χ1) is 5.20. The molecule has 0 aliphatic rings. The van der Waals surface area contributed by atoms with Crippen molar-refractivity contribution >= 4 is 6.72 Å². The molecule has 0 aromatic rings. The van der Waals surface area contributed by atoms with Crippen LogP contribution in [0.15, 0.2) is 17.5 Å². The fraction of sp³-hybridized carbons (Fsp3) is 0.571. The first-order valence-electron chi connectivity index (χ1n) is 3.39. The maximum absolute atomic E-state index is 8.53. The highest BCUT2D eigenvalue weighted by atomic mass is 16.3. The van der Waals surface area contributed by atoms with Gasteiger partial charge >= 0.3 is 0 Å². The summed E-state index contributed by atoms with van der Waals surface area (Å²) in [5.74, 6) is 0. The fourth-order valence-corrected chi connectivity index (χ4v) is 0.490. The average Bonchev–Trinajstić information content (AvgIpc) is 2.01. The zero-order valence-corrected chi connectivity index (χ0v) is 7.06. The van der Waals surface area contributed by atoms with Gasteiger partial charge in [-0.3, -0.25) is 5.01 Å². The highest BCUT2D eigenvalue weighted by Crippen LogP contribution is 1.87. The van der Waals surface area contributed by atoms with Crippen molar-refractivity contribution in [1.82, 2.24) is 9.91 Å². The molecule has 0 aliphatic heterocycles. The van der Waals surface area contributed by atoms with Crippen molar-refractivity contribution in [3.8, 4) is 0 Å². The molecule has 0 aromatic heterocycles. The number of likely N-dealkylation sites (N-methyl/N-ethyl adjacent to an activating group) is 1. The Balaban J connectivity index is 3.62. The zero-order valence-electron chi connectivity index (χ0n) is 7.06. The molecule has 0 saturated carbocycles. The summed E-state index contributed by atoms with van der Waals surface area (Å²) >= 11 is 0. The van der Waals surface area contributed by atoms with Gasteiger partial charge in [-0.05, 0) is 0 Å². The van der Waals surface area contributed by atoms with Crippen molar-refractivity contribution in [2.45, 2.75) is 0 Å². The summed E-state index contributed by atoms with van der Waals surface area (Å²) in [6, 6.07) is 0. The van der Waals surface area contributed by atoms with Crippen molar-refractivity contribution in [1.29, 1.82) is 0 Å². The minimum absolute atomic E-state index is 0.159. The van der Waals surface area contributed by atoms with Crippen molar-refractivity contribution in [2.24, 2.45) is 5.10 Å². The Labute approximate surface area is 67.4 Å². The molecule has 0 saturated heterocycles. The summed E-state index contributed by atoms with van der Waals surface area (Å²) in [5, 5.41) is 13.8. The molecule has 1 N–H and O–H groups in total. The molecule has 0 rings (SSSR count). The average molecular weight is 157 g/mol. The molecule has 4 heteroatoms. The molecule has 64 valence electrons. The maximum atomic E-state index is 8.53. The van der Waals surface area contributed by atoms with E-state index in [9.17, 15) is 0 Å². The van der Waals surface area contributed by atoms with Crippen LogP contribution < -0.4 is 0 Å². The van der Waals surface area contributed by atoms with Gasteiger partial charge in [0.15, 0.2) is 0 Å². The molecule has 0 heterocycles. The van der Waals surface area contributed by atoms with Crippen LogP contribution in [0.2, 0.25) is 0 Å². The van der Waals surface area contributed by atoms with Gasteiger partial charge in [-0.1, -0.05) is 0 Å². The summed E-state index contributed by atoms with van der Waals surface area (Å²) < 4.78 is 0. The number of hydrogen-bond donors (Lipinski definition) is 1. The highest BCUT2D eigenvalue weighted by Gasteiger charge is 1.87. The molecular formula is C7H15N3O. The number of rotatable bonds is 5. The summed E-state index contributed by atoms with van der Waals surface area (Å²) in [6.07, 6.45) is 3.59. The molecule has 0 radical (unpaired) electrons. The van der Waals surface area contributed by atoms with E-state index in [-0.39, 0.29) is 6.61 Å². The van der Waals surface area contributed by atoms with Gasteiger partial charge in [0.2, 0.25) is 0 Å². The van der Waals surface area contributed by atoms with E-state index < -0.39 is 0 Å². The molecular weight excluding hydrogens is 142 g/mol. The predicted molar refractivity (Wildman–Crippen MR) is 46.2 cm³/mol.